The van der Waals surface area contributed by atoms with Gasteiger partial charge in [-0.2, -0.15) is 0 Å². The molecule has 0 bridgehead atoms. The van der Waals surface area contributed by atoms with Crippen molar-refractivity contribution in [2.45, 2.75) is 50.5 Å². The lowest BCUT2D eigenvalue weighted by Gasteiger charge is -2.29. The van der Waals surface area contributed by atoms with Gasteiger partial charge in [0.15, 0.2) is 11.6 Å². The Balaban J connectivity index is 1.18. The van der Waals surface area contributed by atoms with Crippen molar-refractivity contribution in [1.29, 1.82) is 0 Å². The van der Waals surface area contributed by atoms with Crippen LogP contribution in [0.4, 0.5) is 11.4 Å². The van der Waals surface area contributed by atoms with Gasteiger partial charge < -0.3 is 10.0 Å². The van der Waals surface area contributed by atoms with Crippen LogP contribution in [0.15, 0.2) is 84.4 Å². The molecule has 0 amide bonds. The number of carbonyl (C=O) groups excluding carboxylic acids is 2. The van der Waals surface area contributed by atoms with Crippen molar-refractivity contribution in [3.63, 3.8) is 0 Å². The lowest BCUT2D eigenvalue weighted by molar-refractivity contribution is 0.0696. The third kappa shape index (κ3) is 3.34. The van der Waals surface area contributed by atoms with Gasteiger partial charge >= 0.3 is 5.97 Å². The molecule has 2 atom stereocenters. The standard InChI is InChI=1S/C37H29NO4/c1-37(2)30-8-4-3-6-23(30)24-14-12-22(19-31(24)37)38-32-9-5-7-25(32)27-16-20(10-15-33(27)38)17-29-34(39)26-13-11-21(36(41)42)18-28(26)35(29)40/h3-4,6,8,10-19,25,32H,5,7,9H2,1-2H3,(H,41,42)/b29-17-. The Morgan fingerprint density at radius 2 is 1.60 bits per heavy atom. The fourth-order valence-electron chi connectivity index (χ4n) is 7.90. The minimum absolute atomic E-state index is 0.000120. The van der Waals surface area contributed by atoms with Crippen molar-refractivity contribution in [3.8, 4) is 11.1 Å². The maximum atomic E-state index is 13.2. The summed E-state index contributed by atoms with van der Waals surface area (Å²) >= 11 is 0. The van der Waals surface area contributed by atoms with Gasteiger partial charge in [-0.3, -0.25) is 9.59 Å². The highest BCUT2D eigenvalue weighted by Gasteiger charge is 2.43. The number of allylic oxidation sites excluding steroid dienone is 1. The van der Waals surface area contributed by atoms with E-state index >= 15 is 0 Å². The first-order chi connectivity index (χ1) is 20.2. The number of fused-ring (bicyclic) bond motifs is 7. The Kier molecular flexibility index (Phi) is 5.13. The van der Waals surface area contributed by atoms with E-state index in [2.05, 4.69) is 73.3 Å². The number of nitrogens with zero attached hydrogens (tertiary/aromatic N) is 1. The fraction of sp³-hybridized carbons (Fsp3) is 0.216. The molecule has 4 aromatic carbocycles. The average molecular weight is 552 g/mol. The van der Waals surface area contributed by atoms with Gasteiger partial charge in [0.2, 0.25) is 0 Å². The maximum Gasteiger partial charge on any atom is 0.335 e. The van der Waals surface area contributed by atoms with Crippen molar-refractivity contribution in [2.24, 2.45) is 0 Å². The average Bonchev–Trinajstić information content (AvgIpc) is 3.70. The van der Waals surface area contributed by atoms with Crippen molar-refractivity contribution >= 4 is 35.0 Å². The van der Waals surface area contributed by atoms with E-state index in [9.17, 15) is 19.5 Å². The Labute approximate surface area is 244 Å². The first kappa shape index (κ1) is 25.0. The van der Waals surface area contributed by atoms with Crippen LogP contribution in [0, 0.1) is 0 Å². The molecule has 0 saturated heterocycles. The van der Waals surface area contributed by atoms with Gasteiger partial charge in [-0.1, -0.05) is 56.7 Å². The maximum absolute atomic E-state index is 13.2. The summed E-state index contributed by atoms with van der Waals surface area (Å²) in [5.74, 6) is -1.50. The number of carbonyl (C=O) groups is 3. The van der Waals surface area contributed by atoms with Crippen molar-refractivity contribution < 1.29 is 19.5 Å². The Hall–Kier alpha value is -4.77. The van der Waals surface area contributed by atoms with Crippen LogP contribution >= 0.6 is 0 Å². The highest BCUT2D eigenvalue weighted by atomic mass is 16.4. The van der Waals surface area contributed by atoms with Gasteiger partial charge in [-0.25, -0.2) is 4.79 Å². The van der Waals surface area contributed by atoms with Gasteiger partial charge in [0.1, 0.15) is 0 Å². The molecule has 42 heavy (non-hydrogen) atoms. The molecule has 1 saturated carbocycles. The fourth-order valence-corrected chi connectivity index (χ4v) is 7.90. The molecule has 0 radical (unpaired) electrons. The van der Waals surface area contributed by atoms with E-state index in [0.29, 0.717) is 12.0 Å². The van der Waals surface area contributed by atoms with Crippen LogP contribution < -0.4 is 4.90 Å². The second kappa shape index (κ2) is 8.62. The quantitative estimate of drug-likeness (QED) is 0.207. The van der Waals surface area contributed by atoms with Crippen LogP contribution in [0.2, 0.25) is 0 Å². The minimum Gasteiger partial charge on any atom is -0.478 e. The number of hydrogen-bond donors (Lipinski definition) is 1. The van der Waals surface area contributed by atoms with Crippen molar-refractivity contribution in [1.82, 2.24) is 0 Å². The smallest absolute Gasteiger partial charge is 0.335 e. The number of rotatable bonds is 3. The van der Waals surface area contributed by atoms with E-state index in [1.807, 2.05) is 6.07 Å². The molecule has 0 spiro atoms. The summed E-state index contributed by atoms with van der Waals surface area (Å²) in [6.45, 7) is 4.62. The molecule has 0 aromatic heterocycles. The normalized spacial score (nSPS) is 21.8. The summed E-state index contributed by atoms with van der Waals surface area (Å²) in [6.07, 6.45) is 5.07. The lowest BCUT2D eigenvalue weighted by atomic mass is 9.82. The molecule has 1 heterocycles. The number of anilines is 2. The number of carboxylic acids is 1. The van der Waals surface area contributed by atoms with Gasteiger partial charge in [-0.05, 0) is 94.8 Å². The molecule has 8 rings (SSSR count). The van der Waals surface area contributed by atoms with E-state index < -0.39 is 11.8 Å². The Morgan fingerprint density at radius 3 is 2.43 bits per heavy atom. The molecular weight excluding hydrogens is 522 g/mol. The summed E-state index contributed by atoms with van der Waals surface area (Å²) in [4.78, 5) is 40.2. The largest absolute Gasteiger partial charge is 0.478 e. The van der Waals surface area contributed by atoms with Crippen LogP contribution in [0.3, 0.4) is 0 Å². The molecular formula is C37H29NO4. The first-order valence-corrected chi connectivity index (χ1v) is 14.6. The molecule has 3 aliphatic carbocycles. The molecule has 1 fully saturated rings. The monoisotopic (exact) mass is 551 g/mol. The molecule has 5 nitrogen and oxygen atoms in total. The highest BCUT2D eigenvalue weighted by Crippen LogP contribution is 2.55. The van der Waals surface area contributed by atoms with Gasteiger partial charge in [0, 0.05) is 39.9 Å². The van der Waals surface area contributed by atoms with Crippen molar-refractivity contribution in [3.05, 3.63) is 123 Å². The summed E-state index contributed by atoms with van der Waals surface area (Å²) in [5, 5.41) is 9.34. The van der Waals surface area contributed by atoms with Gasteiger partial charge in [0.25, 0.3) is 0 Å². The molecule has 1 aliphatic heterocycles. The lowest BCUT2D eigenvalue weighted by Crippen LogP contribution is -2.27. The predicted molar refractivity (Wildman–Crippen MR) is 163 cm³/mol. The van der Waals surface area contributed by atoms with E-state index in [4.69, 9.17) is 0 Å². The Morgan fingerprint density at radius 1 is 0.833 bits per heavy atom. The number of aromatic carboxylic acids is 1. The molecule has 4 aliphatic rings. The van der Waals surface area contributed by atoms with Crippen LogP contribution in [-0.4, -0.2) is 28.7 Å². The number of hydrogen-bond acceptors (Lipinski definition) is 4. The molecule has 5 heteroatoms. The van der Waals surface area contributed by atoms with Gasteiger partial charge in [-0.15, -0.1) is 0 Å². The molecule has 1 N–H and O–H groups in total. The first-order valence-electron chi connectivity index (χ1n) is 14.6. The van der Waals surface area contributed by atoms with Crippen LogP contribution in [-0.2, 0) is 5.41 Å². The topological polar surface area (TPSA) is 74.7 Å². The number of carboxylic acid groups (broad SMARTS) is 1. The second-order valence-electron chi connectivity index (χ2n) is 12.5. The van der Waals surface area contributed by atoms with E-state index in [1.54, 1.807) is 6.08 Å². The molecule has 206 valence electrons. The third-order valence-electron chi connectivity index (χ3n) is 9.92. The third-order valence-corrected chi connectivity index (χ3v) is 9.92. The second-order valence-corrected chi connectivity index (χ2v) is 12.5. The number of ketones is 2. The van der Waals surface area contributed by atoms with E-state index in [-0.39, 0.29) is 33.5 Å². The van der Waals surface area contributed by atoms with Crippen molar-refractivity contribution in [2.75, 3.05) is 4.90 Å². The summed E-state index contributed by atoms with van der Waals surface area (Å²) < 4.78 is 0. The van der Waals surface area contributed by atoms with Gasteiger partial charge in [0.05, 0.1) is 11.1 Å². The summed E-state index contributed by atoms with van der Waals surface area (Å²) in [7, 11) is 0. The minimum atomic E-state index is -1.12. The summed E-state index contributed by atoms with van der Waals surface area (Å²) in [5.41, 5.74) is 10.3. The SMILES string of the molecule is CC1(C)c2ccccc2-c2ccc(N3c4ccc(/C=C5/C(=O)c6ccc(C(=O)O)cc6C5=O)cc4C4CCCC43)cc21. The molecule has 2 unspecified atom stereocenters. The zero-order valence-corrected chi connectivity index (χ0v) is 23.5. The zero-order chi connectivity index (χ0) is 28.9. The predicted octanol–water partition coefficient (Wildman–Crippen LogP) is 7.94. The molecule has 4 aromatic rings. The van der Waals surface area contributed by atoms with E-state index in [0.717, 1.165) is 24.8 Å². The number of benzene rings is 4. The van der Waals surface area contributed by atoms with Crippen LogP contribution in [0.5, 0.6) is 0 Å². The Bertz CT molecular complexity index is 1930. The van der Waals surface area contributed by atoms with E-state index in [1.165, 1.54) is 57.4 Å². The van der Waals surface area contributed by atoms with Crippen LogP contribution in [0.1, 0.15) is 92.4 Å². The zero-order valence-electron chi connectivity index (χ0n) is 23.5. The summed E-state index contributed by atoms with van der Waals surface area (Å²) in [6, 6.07) is 26.4. The number of Topliss-reactive ketones (excluding diaryl/α,β-unsaturated/α-hetero) is 2. The van der Waals surface area contributed by atoms with Crippen LogP contribution in [0.25, 0.3) is 17.2 Å². The highest BCUT2D eigenvalue weighted by molar-refractivity contribution is 6.41.